The van der Waals surface area contributed by atoms with Gasteiger partial charge in [-0.2, -0.15) is 0 Å². The standard InChI is InChI=1S/C11H12F2N2/c1-11(12,13)8-6-15(2)10-7(8)4-3-5-9(10)14/h3-6H,14H2,1-2H3. The van der Waals surface area contributed by atoms with Crippen LogP contribution in [0, 0.1) is 0 Å². The van der Waals surface area contributed by atoms with Crippen LogP contribution in [0.3, 0.4) is 0 Å². The molecule has 15 heavy (non-hydrogen) atoms. The fourth-order valence-electron chi connectivity index (χ4n) is 1.85. The molecule has 1 aromatic carbocycles. The summed E-state index contributed by atoms with van der Waals surface area (Å²) in [5.74, 6) is -2.84. The summed E-state index contributed by atoms with van der Waals surface area (Å²) in [6, 6.07) is 5.06. The highest BCUT2D eigenvalue weighted by Crippen LogP contribution is 2.35. The maximum Gasteiger partial charge on any atom is 0.272 e. The Bertz CT molecular complexity index is 509. The molecule has 0 atom stereocenters. The van der Waals surface area contributed by atoms with Crippen molar-refractivity contribution >= 4 is 16.6 Å². The molecular weight excluding hydrogens is 198 g/mol. The number of para-hydroxylation sites is 1. The first kappa shape index (κ1) is 9.96. The highest BCUT2D eigenvalue weighted by Gasteiger charge is 2.28. The van der Waals surface area contributed by atoms with E-state index < -0.39 is 5.92 Å². The summed E-state index contributed by atoms with van der Waals surface area (Å²) in [5.41, 5.74) is 6.95. The number of nitrogens with two attached hydrogens (primary N) is 1. The van der Waals surface area contributed by atoms with Crippen LogP contribution in [-0.2, 0) is 13.0 Å². The number of benzene rings is 1. The van der Waals surface area contributed by atoms with Crippen LogP contribution in [0.2, 0.25) is 0 Å². The van der Waals surface area contributed by atoms with Crippen molar-refractivity contribution in [2.24, 2.45) is 7.05 Å². The number of fused-ring (bicyclic) bond motifs is 1. The van der Waals surface area contributed by atoms with E-state index in [0.29, 0.717) is 16.6 Å². The summed E-state index contributed by atoms with van der Waals surface area (Å²) in [4.78, 5) is 0. The van der Waals surface area contributed by atoms with Crippen molar-refractivity contribution in [3.05, 3.63) is 30.0 Å². The fraction of sp³-hybridized carbons (Fsp3) is 0.273. The Morgan fingerprint density at radius 3 is 2.60 bits per heavy atom. The van der Waals surface area contributed by atoms with Crippen LogP contribution < -0.4 is 5.73 Å². The van der Waals surface area contributed by atoms with Crippen LogP contribution >= 0.6 is 0 Å². The molecule has 80 valence electrons. The number of rotatable bonds is 1. The van der Waals surface area contributed by atoms with Crippen LogP contribution in [0.4, 0.5) is 14.5 Å². The molecule has 1 heterocycles. The first-order valence-corrected chi connectivity index (χ1v) is 4.63. The lowest BCUT2D eigenvalue weighted by molar-refractivity contribution is 0.0189. The van der Waals surface area contributed by atoms with E-state index in [-0.39, 0.29) is 5.56 Å². The molecule has 0 bridgehead atoms. The zero-order valence-corrected chi connectivity index (χ0v) is 8.59. The average molecular weight is 210 g/mol. The van der Waals surface area contributed by atoms with Gasteiger partial charge in [-0.15, -0.1) is 0 Å². The molecule has 2 rings (SSSR count). The van der Waals surface area contributed by atoms with Gasteiger partial charge in [0, 0.05) is 31.1 Å². The summed E-state index contributed by atoms with van der Waals surface area (Å²) in [6.07, 6.45) is 1.43. The molecule has 2 nitrogen and oxygen atoms in total. The van der Waals surface area contributed by atoms with Crippen molar-refractivity contribution in [1.82, 2.24) is 4.57 Å². The zero-order chi connectivity index (χ0) is 11.2. The number of aromatic nitrogens is 1. The van der Waals surface area contributed by atoms with Crippen molar-refractivity contribution in [2.45, 2.75) is 12.8 Å². The third-order valence-electron chi connectivity index (χ3n) is 2.51. The molecule has 0 spiro atoms. The highest BCUT2D eigenvalue weighted by molar-refractivity contribution is 5.93. The predicted molar refractivity (Wildman–Crippen MR) is 56.9 cm³/mol. The van der Waals surface area contributed by atoms with Gasteiger partial charge in [0.1, 0.15) is 0 Å². The van der Waals surface area contributed by atoms with E-state index in [9.17, 15) is 8.78 Å². The quantitative estimate of drug-likeness (QED) is 0.721. The number of nitrogens with zero attached hydrogens (tertiary/aromatic N) is 1. The Morgan fingerprint density at radius 1 is 1.33 bits per heavy atom. The molecular formula is C11H12F2N2. The second-order valence-electron chi connectivity index (χ2n) is 3.79. The second-order valence-corrected chi connectivity index (χ2v) is 3.79. The van der Waals surface area contributed by atoms with Gasteiger partial charge in [-0.1, -0.05) is 12.1 Å². The molecule has 0 saturated heterocycles. The summed E-state index contributed by atoms with van der Waals surface area (Å²) < 4.78 is 28.2. The van der Waals surface area contributed by atoms with E-state index in [4.69, 9.17) is 5.73 Å². The van der Waals surface area contributed by atoms with Crippen LogP contribution in [0.25, 0.3) is 10.9 Å². The minimum absolute atomic E-state index is 0.0206. The summed E-state index contributed by atoms with van der Waals surface area (Å²) in [7, 11) is 1.72. The molecule has 0 aliphatic heterocycles. The number of alkyl halides is 2. The lowest BCUT2D eigenvalue weighted by atomic mass is 10.1. The summed E-state index contributed by atoms with van der Waals surface area (Å²) >= 11 is 0. The van der Waals surface area contributed by atoms with E-state index in [1.807, 2.05) is 0 Å². The second kappa shape index (κ2) is 2.95. The number of hydrogen-bond acceptors (Lipinski definition) is 1. The van der Waals surface area contributed by atoms with E-state index in [2.05, 4.69) is 0 Å². The van der Waals surface area contributed by atoms with Gasteiger partial charge < -0.3 is 10.3 Å². The molecule has 0 unspecified atom stereocenters. The van der Waals surface area contributed by atoms with Gasteiger partial charge in [-0.3, -0.25) is 0 Å². The smallest absolute Gasteiger partial charge is 0.272 e. The van der Waals surface area contributed by atoms with E-state index in [1.54, 1.807) is 29.8 Å². The average Bonchev–Trinajstić information content (AvgIpc) is 2.44. The van der Waals surface area contributed by atoms with Gasteiger partial charge in [0.15, 0.2) is 0 Å². The maximum absolute atomic E-state index is 13.3. The molecule has 2 aromatic rings. The highest BCUT2D eigenvalue weighted by atomic mass is 19.3. The van der Waals surface area contributed by atoms with Crippen LogP contribution in [0.5, 0.6) is 0 Å². The first-order chi connectivity index (χ1) is 6.91. The molecule has 4 heteroatoms. The lowest BCUT2D eigenvalue weighted by Gasteiger charge is -2.08. The maximum atomic E-state index is 13.3. The van der Waals surface area contributed by atoms with Gasteiger partial charge >= 0.3 is 0 Å². The number of halogens is 2. The molecule has 0 aliphatic carbocycles. The molecule has 0 radical (unpaired) electrons. The summed E-state index contributed by atoms with van der Waals surface area (Å²) in [5, 5.41) is 0.519. The van der Waals surface area contributed by atoms with E-state index in [1.165, 1.54) is 6.20 Å². The number of aryl methyl sites for hydroxylation is 1. The monoisotopic (exact) mass is 210 g/mol. The Labute approximate surface area is 86.3 Å². The van der Waals surface area contributed by atoms with Crippen molar-refractivity contribution in [2.75, 3.05) is 5.73 Å². The van der Waals surface area contributed by atoms with Gasteiger partial charge in [-0.05, 0) is 6.07 Å². The zero-order valence-electron chi connectivity index (χ0n) is 8.59. The Hall–Kier alpha value is -1.58. The van der Waals surface area contributed by atoms with Crippen molar-refractivity contribution in [3.8, 4) is 0 Å². The lowest BCUT2D eigenvalue weighted by Crippen LogP contribution is -2.05. The Kier molecular flexibility index (Phi) is 1.96. The molecule has 1 aromatic heterocycles. The van der Waals surface area contributed by atoms with Gasteiger partial charge in [0.05, 0.1) is 11.2 Å². The van der Waals surface area contributed by atoms with Gasteiger partial charge in [0.2, 0.25) is 0 Å². The van der Waals surface area contributed by atoms with Crippen LogP contribution in [-0.4, -0.2) is 4.57 Å². The normalized spacial score (nSPS) is 12.3. The van der Waals surface area contributed by atoms with Crippen LogP contribution in [0.15, 0.2) is 24.4 Å². The number of hydrogen-bond donors (Lipinski definition) is 1. The van der Waals surface area contributed by atoms with E-state index in [0.717, 1.165) is 6.92 Å². The third-order valence-corrected chi connectivity index (χ3v) is 2.51. The Morgan fingerprint density at radius 2 is 2.00 bits per heavy atom. The molecule has 0 fully saturated rings. The fourth-order valence-corrected chi connectivity index (χ4v) is 1.85. The third kappa shape index (κ3) is 1.46. The topological polar surface area (TPSA) is 30.9 Å². The Balaban J connectivity index is 2.85. The number of nitrogen functional groups attached to an aromatic ring is 1. The summed E-state index contributed by atoms with van der Waals surface area (Å²) in [6.45, 7) is 0.894. The minimum atomic E-state index is -2.84. The molecule has 0 amide bonds. The molecule has 0 aliphatic rings. The largest absolute Gasteiger partial charge is 0.397 e. The van der Waals surface area contributed by atoms with Crippen LogP contribution in [0.1, 0.15) is 12.5 Å². The molecule has 2 N–H and O–H groups in total. The van der Waals surface area contributed by atoms with Crippen molar-refractivity contribution in [1.29, 1.82) is 0 Å². The SMILES string of the molecule is Cn1cc(C(C)(F)F)c2cccc(N)c21. The first-order valence-electron chi connectivity index (χ1n) is 4.63. The van der Waals surface area contributed by atoms with Crippen molar-refractivity contribution < 1.29 is 8.78 Å². The minimum Gasteiger partial charge on any atom is -0.397 e. The van der Waals surface area contributed by atoms with Gasteiger partial charge in [-0.25, -0.2) is 8.78 Å². The molecule has 0 saturated carbocycles. The predicted octanol–water partition coefficient (Wildman–Crippen LogP) is 2.87. The van der Waals surface area contributed by atoms with Gasteiger partial charge in [0.25, 0.3) is 5.92 Å². The number of anilines is 1. The van der Waals surface area contributed by atoms with Crippen molar-refractivity contribution in [3.63, 3.8) is 0 Å². The van der Waals surface area contributed by atoms with E-state index >= 15 is 0 Å².